The van der Waals surface area contributed by atoms with Crippen LogP contribution >= 0.6 is 34.8 Å². The highest BCUT2D eigenvalue weighted by atomic mass is 35.5. The third-order valence-electron chi connectivity index (χ3n) is 6.16. The van der Waals surface area contributed by atoms with Crippen LogP contribution in [-0.4, -0.2) is 24.5 Å². The van der Waals surface area contributed by atoms with Gasteiger partial charge in [0, 0.05) is 23.1 Å². The molecule has 1 aromatic heterocycles. The van der Waals surface area contributed by atoms with Gasteiger partial charge in [-0.05, 0) is 61.2 Å². The lowest BCUT2D eigenvalue weighted by Crippen LogP contribution is -2.25. The highest BCUT2D eigenvalue weighted by Crippen LogP contribution is 2.46. The van der Waals surface area contributed by atoms with E-state index in [9.17, 15) is 4.79 Å². The predicted octanol–water partition coefficient (Wildman–Crippen LogP) is 7.26. The van der Waals surface area contributed by atoms with Crippen LogP contribution in [0.15, 0.2) is 65.2 Å². The van der Waals surface area contributed by atoms with E-state index in [4.69, 9.17) is 59.3 Å². The molecule has 10 heteroatoms. The maximum Gasteiger partial charge on any atom is 0.337 e. The van der Waals surface area contributed by atoms with Crippen molar-refractivity contribution in [1.29, 1.82) is 0 Å². The molecule has 0 spiro atoms. The van der Waals surface area contributed by atoms with E-state index >= 15 is 0 Å². The lowest BCUT2D eigenvalue weighted by Gasteiger charge is -2.11. The number of halogens is 3. The summed E-state index contributed by atoms with van der Waals surface area (Å²) in [6, 6.07) is 16.9. The van der Waals surface area contributed by atoms with Gasteiger partial charge in [-0.15, -0.1) is 0 Å². The Hall–Kier alpha value is -3.67. The quantitative estimate of drug-likeness (QED) is 0.130. The molecule has 204 valence electrons. The molecule has 5 rings (SSSR count). The second-order valence-corrected chi connectivity index (χ2v) is 10.2. The molecule has 0 saturated heterocycles. The van der Waals surface area contributed by atoms with Crippen LogP contribution < -0.4 is 15.2 Å². The van der Waals surface area contributed by atoms with Crippen LogP contribution in [0.5, 0.6) is 11.5 Å². The summed E-state index contributed by atoms with van der Waals surface area (Å²) in [7, 11) is 1.31. The number of esters is 1. The van der Waals surface area contributed by atoms with Crippen molar-refractivity contribution < 1.29 is 23.5 Å². The van der Waals surface area contributed by atoms with Gasteiger partial charge in [0.25, 0.3) is 0 Å². The summed E-state index contributed by atoms with van der Waals surface area (Å²) < 4.78 is 22.1. The predicted molar refractivity (Wildman–Crippen MR) is 153 cm³/mol. The van der Waals surface area contributed by atoms with Crippen molar-refractivity contribution in [3.8, 4) is 34.6 Å². The van der Waals surface area contributed by atoms with Crippen LogP contribution in [0.25, 0.3) is 11.3 Å². The van der Waals surface area contributed by atoms with Crippen LogP contribution in [0.1, 0.15) is 46.0 Å². The average Bonchev–Trinajstić information content (AvgIpc) is 3.71. The van der Waals surface area contributed by atoms with Gasteiger partial charge < -0.3 is 18.7 Å². The number of nitrogens with zero attached hydrogens (tertiary/aromatic N) is 1. The molecule has 0 bridgehead atoms. The minimum Gasteiger partial charge on any atom is -0.489 e. The molecule has 0 amide bonds. The van der Waals surface area contributed by atoms with Gasteiger partial charge in [0.1, 0.15) is 29.6 Å². The lowest BCUT2D eigenvalue weighted by atomic mass is 10.0. The molecule has 1 unspecified atom stereocenters. The van der Waals surface area contributed by atoms with Crippen molar-refractivity contribution >= 4 is 40.8 Å². The Morgan fingerprint density at radius 2 is 1.80 bits per heavy atom. The van der Waals surface area contributed by atoms with Crippen molar-refractivity contribution in [2.75, 3.05) is 7.11 Å². The first-order chi connectivity index (χ1) is 19.3. The Labute approximate surface area is 246 Å². The fourth-order valence-electron chi connectivity index (χ4n) is 4.03. The molecule has 0 radical (unpaired) electrons. The van der Waals surface area contributed by atoms with Crippen molar-refractivity contribution in [2.24, 2.45) is 5.73 Å². The number of aromatic nitrogens is 1. The molecule has 3 aromatic carbocycles. The molecule has 1 aliphatic carbocycles. The molecule has 40 heavy (non-hydrogen) atoms. The first-order valence-corrected chi connectivity index (χ1v) is 13.4. The van der Waals surface area contributed by atoms with E-state index in [0.29, 0.717) is 54.9 Å². The van der Waals surface area contributed by atoms with Crippen molar-refractivity contribution in [3.05, 3.63) is 98.2 Å². The fourth-order valence-corrected chi connectivity index (χ4v) is 4.82. The molecular weight excluding hydrogens is 575 g/mol. The maximum atomic E-state index is 11.7. The molecule has 4 aromatic rings. The Balaban J connectivity index is 1.28. The van der Waals surface area contributed by atoms with Gasteiger partial charge in [-0.25, -0.2) is 4.79 Å². The Morgan fingerprint density at radius 3 is 2.50 bits per heavy atom. The second-order valence-electron chi connectivity index (χ2n) is 9.00. The van der Waals surface area contributed by atoms with Crippen LogP contribution in [0.3, 0.4) is 0 Å². The molecule has 0 aliphatic heterocycles. The van der Waals surface area contributed by atoms with Gasteiger partial charge in [-0.2, -0.15) is 0 Å². The first kappa shape index (κ1) is 27.9. The topological polar surface area (TPSA) is 96.8 Å². The van der Waals surface area contributed by atoms with Crippen LogP contribution in [0.2, 0.25) is 15.1 Å². The van der Waals surface area contributed by atoms with Gasteiger partial charge in [0.05, 0.1) is 33.3 Å². The van der Waals surface area contributed by atoms with Gasteiger partial charge in [-0.3, -0.25) is 5.73 Å². The number of methoxy groups -OCH3 is 1. The van der Waals surface area contributed by atoms with Gasteiger partial charge >= 0.3 is 5.97 Å². The number of nitrogens with two attached hydrogens (primary N) is 1. The minimum atomic E-state index is -0.954. The van der Waals surface area contributed by atoms with Gasteiger partial charge in [0.2, 0.25) is 6.23 Å². The molecule has 1 atom stereocenters. The van der Waals surface area contributed by atoms with E-state index in [2.05, 4.69) is 17.0 Å². The van der Waals surface area contributed by atoms with Crippen LogP contribution in [-0.2, 0) is 11.3 Å². The standard InChI is InChI=1S/C30H23Cl3N2O5/c1-37-30(36)19-4-2-5-21(14-19)39-26(34)13-11-17-10-12-20(15-25(17)33)38-16-22-28(35-40-29(22)18-8-9-18)27-23(31)6-3-7-24(27)32/h2-7,10,12,14-15,18,26H,8-9,16,34H2,1H3. The number of benzene rings is 3. The van der Waals surface area contributed by atoms with E-state index in [-0.39, 0.29) is 6.61 Å². The summed E-state index contributed by atoms with van der Waals surface area (Å²) >= 11 is 19.4. The third-order valence-corrected chi connectivity index (χ3v) is 7.10. The number of carbonyl (C=O) groups excluding carboxylic acids is 1. The number of rotatable bonds is 8. The first-order valence-electron chi connectivity index (χ1n) is 12.3. The normalized spacial score (nSPS) is 13.2. The molecule has 2 N–H and O–H groups in total. The van der Waals surface area contributed by atoms with Gasteiger partial charge in [0.15, 0.2) is 0 Å². The maximum absolute atomic E-state index is 11.7. The Kier molecular flexibility index (Phi) is 8.53. The second kappa shape index (κ2) is 12.2. The zero-order valence-corrected chi connectivity index (χ0v) is 23.5. The molecule has 1 heterocycles. The van der Waals surface area contributed by atoms with E-state index < -0.39 is 12.2 Å². The number of carbonyl (C=O) groups is 1. The lowest BCUT2D eigenvalue weighted by molar-refractivity contribution is 0.0600. The smallest absolute Gasteiger partial charge is 0.337 e. The Morgan fingerprint density at radius 1 is 1.05 bits per heavy atom. The van der Waals surface area contributed by atoms with E-state index in [0.717, 1.165) is 24.2 Å². The summed E-state index contributed by atoms with van der Waals surface area (Å²) in [5.41, 5.74) is 8.88. The van der Waals surface area contributed by atoms with E-state index in [1.165, 1.54) is 13.2 Å². The molecule has 1 aliphatic rings. The average molecular weight is 598 g/mol. The van der Waals surface area contributed by atoms with E-state index in [1.807, 2.05) is 0 Å². The zero-order valence-electron chi connectivity index (χ0n) is 21.2. The summed E-state index contributed by atoms with van der Waals surface area (Å²) in [5, 5.41) is 5.63. The minimum absolute atomic E-state index is 0.191. The fraction of sp³-hybridized carbons (Fsp3) is 0.200. The third kappa shape index (κ3) is 6.38. The highest BCUT2D eigenvalue weighted by Gasteiger charge is 2.33. The largest absolute Gasteiger partial charge is 0.489 e. The van der Waals surface area contributed by atoms with Gasteiger partial charge in [-0.1, -0.05) is 58.0 Å². The SMILES string of the molecule is COC(=O)c1cccc(OC(N)C#Cc2ccc(OCc3c(-c4c(Cl)cccc4Cl)noc3C3CC3)cc2Cl)c1. The summed E-state index contributed by atoms with van der Waals surface area (Å²) in [4.78, 5) is 11.7. The van der Waals surface area contributed by atoms with Crippen LogP contribution in [0, 0.1) is 11.8 Å². The molecular formula is C30H23Cl3N2O5. The molecule has 1 saturated carbocycles. The monoisotopic (exact) mass is 596 g/mol. The van der Waals surface area contributed by atoms with Crippen LogP contribution in [0.4, 0.5) is 0 Å². The number of ether oxygens (including phenoxy) is 3. The van der Waals surface area contributed by atoms with Crippen molar-refractivity contribution in [2.45, 2.75) is 31.6 Å². The summed E-state index contributed by atoms with van der Waals surface area (Å²) in [6.07, 6.45) is 1.10. The van der Waals surface area contributed by atoms with E-state index in [1.54, 1.807) is 54.6 Å². The molecule has 1 fully saturated rings. The van der Waals surface area contributed by atoms with Crippen molar-refractivity contribution in [1.82, 2.24) is 5.16 Å². The highest BCUT2D eigenvalue weighted by molar-refractivity contribution is 6.39. The zero-order chi connectivity index (χ0) is 28.2. The van der Waals surface area contributed by atoms with Crippen molar-refractivity contribution in [3.63, 3.8) is 0 Å². The summed E-state index contributed by atoms with van der Waals surface area (Å²) in [5.74, 6) is 7.26. The molecule has 7 nitrogen and oxygen atoms in total. The number of hydrogen-bond acceptors (Lipinski definition) is 7. The number of hydrogen-bond donors (Lipinski definition) is 1. The summed E-state index contributed by atoms with van der Waals surface area (Å²) in [6.45, 7) is 0.191. The Bertz CT molecular complexity index is 1600.